The minimum absolute atomic E-state index is 0.00479. The summed E-state index contributed by atoms with van der Waals surface area (Å²) >= 11 is 0. The lowest BCUT2D eigenvalue weighted by atomic mass is 9.87. The third-order valence-electron chi connectivity index (χ3n) is 4.80. The Morgan fingerprint density at radius 1 is 1.26 bits per heavy atom. The van der Waals surface area contributed by atoms with Crippen LogP contribution in [0, 0.1) is 11.3 Å². The maximum absolute atomic E-state index is 11.9. The molecule has 4 heteroatoms. The molecule has 0 radical (unpaired) electrons. The molecule has 0 aromatic rings. The SMILES string of the molecule is CCCC1(CNC(=O)NC2CCC(CO)CC2)CC1. The van der Waals surface area contributed by atoms with Crippen molar-refractivity contribution in [3.8, 4) is 0 Å². The lowest BCUT2D eigenvalue weighted by Crippen LogP contribution is -2.45. The van der Waals surface area contributed by atoms with Crippen LogP contribution in [-0.4, -0.2) is 30.3 Å². The number of urea groups is 1. The molecule has 0 spiro atoms. The van der Waals surface area contributed by atoms with Crippen molar-refractivity contribution in [2.75, 3.05) is 13.2 Å². The minimum atomic E-state index is -0.00479. The first-order valence-corrected chi connectivity index (χ1v) is 7.83. The van der Waals surface area contributed by atoms with Crippen LogP contribution in [0.25, 0.3) is 0 Å². The Labute approximate surface area is 116 Å². The highest BCUT2D eigenvalue weighted by Gasteiger charge is 2.41. The maximum atomic E-state index is 11.9. The molecule has 0 unspecified atom stereocenters. The Hall–Kier alpha value is -0.770. The minimum Gasteiger partial charge on any atom is -0.396 e. The fourth-order valence-corrected chi connectivity index (χ4v) is 3.22. The average molecular weight is 268 g/mol. The number of amides is 2. The van der Waals surface area contributed by atoms with Gasteiger partial charge in [0.05, 0.1) is 0 Å². The summed E-state index contributed by atoms with van der Waals surface area (Å²) in [4.78, 5) is 11.9. The second-order valence-corrected chi connectivity index (χ2v) is 6.48. The lowest BCUT2D eigenvalue weighted by molar-refractivity contribution is 0.174. The summed E-state index contributed by atoms with van der Waals surface area (Å²) in [6, 6.07) is 0.291. The first kappa shape index (κ1) is 14.6. The van der Waals surface area contributed by atoms with Gasteiger partial charge in [0.25, 0.3) is 0 Å². The van der Waals surface area contributed by atoms with Gasteiger partial charge in [-0.15, -0.1) is 0 Å². The van der Waals surface area contributed by atoms with E-state index in [1.807, 2.05) is 0 Å². The highest BCUT2D eigenvalue weighted by atomic mass is 16.3. The standard InChI is InChI=1S/C15H28N2O2/c1-2-7-15(8-9-15)11-16-14(19)17-13-5-3-12(10-18)4-6-13/h12-13,18H,2-11H2,1H3,(H2,16,17,19). The zero-order chi connectivity index (χ0) is 13.7. The van der Waals surface area contributed by atoms with Crippen molar-refractivity contribution in [3.63, 3.8) is 0 Å². The fourth-order valence-electron chi connectivity index (χ4n) is 3.22. The Kier molecular flexibility index (Phi) is 5.08. The molecule has 3 N–H and O–H groups in total. The second-order valence-electron chi connectivity index (χ2n) is 6.48. The van der Waals surface area contributed by atoms with Crippen LogP contribution in [0.3, 0.4) is 0 Å². The Morgan fingerprint density at radius 3 is 2.47 bits per heavy atom. The van der Waals surface area contributed by atoms with Crippen LogP contribution in [0.2, 0.25) is 0 Å². The molecule has 2 rings (SSSR count). The van der Waals surface area contributed by atoms with E-state index in [0.717, 1.165) is 32.2 Å². The lowest BCUT2D eigenvalue weighted by Gasteiger charge is -2.28. The molecule has 19 heavy (non-hydrogen) atoms. The van der Waals surface area contributed by atoms with Gasteiger partial charge in [-0.05, 0) is 56.3 Å². The van der Waals surface area contributed by atoms with Gasteiger partial charge in [0.15, 0.2) is 0 Å². The van der Waals surface area contributed by atoms with Gasteiger partial charge in [0, 0.05) is 19.2 Å². The van der Waals surface area contributed by atoms with Gasteiger partial charge in [-0.1, -0.05) is 13.3 Å². The van der Waals surface area contributed by atoms with E-state index in [1.165, 1.54) is 25.7 Å². The van der Waals surface area contributed by atoms with E-state index in [1.54, 1.807) is 0 Å². The number of carbonyl (C=O) groups is 1. The predicted octanol–water partition coefficient (Wildman–Crippen LogP) is 2.42. The van der Waals surface area contributed by atoms with Crippen LogP contribution in [0.15, 0.2) is 0 Å². The molecule has 0 atom stereocenters. The van der Waals surface area contributed by atoms with Gasteiger partial charge in [0.1, 0.15) is 0 Å². The third kappa shape index (κ3) is 4.37. The van der Waals surface area contributed by atoms with Crippen LogP contribution < -0.4 is 10.6 Å². The van der Waals surface area contributed by atoms with Gasteiger partial charge in [0.2, 0.25) is 0 Å². The summed E-state index contributed by atoms with van der Waals surface area (Å²) in [5.41, 5.74) is 0.417. The summed E-state index contributed by atoms with van der Waals surface area (Å²) in [5.74, 6) is 0.445. The van der Waals surface area contributed by atoms with Gasteiger partial charge in [-0.2, -0.15) is 0 Å². The summed E-state index contributed by atoms with van der Waals surface area (Å²) in [6.45, 7) is 3.33. The number of nitrogens with one attached hydrogen (secondary N) is 2. The first-order valence-electron chi connectivity index (χ1n) is 7.83. The van der Waals surface area contributed by atoms with E-state index in [0.29, 0.717) is 24.0 Å². The summed E-state index contributed by atoms with van der Waals surface area (Å²) in [6.07, 6.45) is 9.02. The van der Waals surface area contributed by atoms with Crippen molar-refractivity contribution >= 4 is 6.03 Å². The van der Waals surface area contributed by atoms with Gasteiger partial charge < -0.3 is 15.7 Å². The molecule has 2 aliphatic rings. The summed E-state index contributed by atoms with van der Waals surface area (Å²) in [7, 11) is 0. The monoisotopic (exact) mass is 268 g/mol. The van der Waals surface area contributed by atoms with Crippen molar-refractivity contribution < 1.29 is 9.90 Å². The molecule has 0 saturated heterocycles. The van der Waals surface area contributed by atoms with E-state index in [2.05, 4.69) is 17.6 Å². The number of aliphatic hydroxyl groups is 1. The van der Waals surface area contributed by atoms with E-state index >= 15 is 0 Å². The van der Waals surface area contributed by atoms with E-state index in [-0.39, 0.29) is 6.03 Å². The fraction of sp³-hybridized carbons (Fsp3) is 0.933. The number of aliphatic hydroxyl groups excluding tert-OH is 1. The van der Waals surface area contributed by atoms with Crippen molar-refractivity contribution in [3.05, 3.63) is 0 Å². The molecule has 2 aliphatic carbocycles. The number of carbonyl (C=O) groups excluding carboxylic acids is 1. The molecular weight excluding hydrogens is 240 g/mol. The quantitative estimate of drug-likeness (QED) is 0.693. The van der Waals surface area contributed by atoms with Crippen LogP contribution in [0.5, 0.6) is 0 Å². The molecule has 0 aliphatic heterocycles. The highest BCUT2D eigenvalue weighted by Crippen LogP contribution is 2.48. The maximum Gasteiger partial charge on any atom is 0.315 e. The molecule has 0 heterocycles. The molecule has 4 nitrogen and oxygen atoms in total. The molecule has 2 saturated carbocycles. The van der Waals surface area contributed by atoms with Gasteiger partial charge >= 0.3 is 6.03 Å². The highest BCUT2D eigenvalue weighted by molar-refractivity contribution is 5.74. The number of hydrogen-bond acceptors (Lipinski definition) is 2. The first-order chi connectivity index (χ1) is 9.17. The van der Waals surface area contributed by atoms with Crippen LogP contribution in [-0.2, 0) is 0 Å². The van der Waals surface area contributed by atoms with Crippen molar-refractivity contribution in [1.29, 1.82) is 0 Å². The Bertz CT molecular complexity index is 295. The third-order valence-corrected chi connectivity index (χ3v) is 4.80. The van der Waals surface area contributed by atoms with E-state index in [9.17, 15) is 4.79 Å². The van der Waals surface area contributed by atoms with Crippen LogP contribution in [0.1, 0.15) is 58.3 Å². The second kappa shape index (κ2) is 6.60. The van der Waals surface area contributed by atoms with Crippen molar-refractivity contribution in [1.82, 2.24) is 10.6 Å². The molecule has 0 aromatic carbocycles. The smallest absolute Gasteiger partial charge is 0.315 e. The van der Waals surface area contributed by atoms with Crippen LogP contribution in [0.4, 0.5) is 4.79 Å². The molecular formula is C15H28N2O2. The summed E-state index contributed by atoms with van der Waals surface area (Å²) in [5, 5.41) is 15.2. The van der Waals surface area contributed by atoms with Gasteiger partial charge in [-0.3, -0.25) is 0 Å². The largest absolute Gasteiger partial charge is 0.396 e. The van der Waals surface area contributed by atoms with E-state index in [4.69, 9.17) is 5.11 Å². The molecule has 2 amide bonds. The topological polar surface area (TPSA) is 61.4 Å². The Morgan fingerprint density at radius 2 is 1.95 bits per heavy atom. The Balaban J connectivity index is 1.62. The molecule has 2 fully saturated rings. The van der Waals surface area contributed by atoms with Gasteiger partial charge in [-0.25, -0.2) is 4.79 Å². The van der Waals surface area contributed by atoms with Crippen molar-refractivity contribution in [2.45, 2.75) is 64.3 Å². The summed E-state index contributed by atoms with van der Waals surface area (Å²) < 4.78 is 0. The predicted molar refractivity (Wildman–Crippen MR) is 75.9 cm³/mol. The van der Waals surface area contributed by atoms with Crippen LogP contribution >= 0.6 is 0 Å². The molecule has 0 bridgehead atoms. The van der Waals surface area contributed by atoms with Crippen molar-refractivity contribution in [2.24, 2.45) is 11.3 Å². The van der Waals surface area contributed by atoms with E-state index < -0.39 is 0 Å². The molecule has 110 valence electrons. The number of rotatable bonds is 6. The zero-order valence-electron chi connectivity index (χ0n) is 12.1. The zero-order valence-corrected chi connectivity index (χ0v) is 12.1. The number of hydrogen-bond donors (Lipinski definition) is 3. The molecule has 0 aromatic heterocycles. The average Bonchev–Trinajstić information content (AvgIpc) is 3.18. The normalized spacial score (nSPS) is 28.7.